The van der Waals surface area contributed by atoms with E-state index in [2.05, 4.69) is 10.3 Å². The molecule has 0 radical (unpaired) electrons. The number of carboxylic acid groups (broad SMARTS) is 1. The van der Waals surface area contributed by atoms with E-state index in [4.69, 9.17) is 5.11 Å². The lowest BCUT2D eigenvalue weighted by Gasteiger charge is -2.34. The summed E-state index contributed by atoms with van der Waals surface area (Å²) in [7, 11) is 0. The number of nitrogens with zero attached hydrogens (tertiary/aromatic N) is 2. The highest BCUT2D eigenvalue weighted by atomic mass is 16.4. The molecule has 0 saturated carbocycles. The standard InChI is InChI=1S/C10H13N3O2/c14-10(15)13-5-4-12-7-9(13)8-2-1-3-11-6-8/h1-3,6,9,12H,4-5,7H2,(H,14,15). The average molecular weight is 207 g/mol. The number of hydrogen-bond donors (Lipinski definition) is 2. The highest BCUT2D eigenvalue weighted by molar-refractivity contribution is 5.66. The van der Waals surface area contributed by atoms with Crippen LogP contribution in [-0.2, 0) is 0 Å². The molecule has 0 aromatic carbocycles. The molecule has 1 amide bonds. The van der Waals surface area contributed by atoms with Crippen LogP contribution in [-0.4, -0.2) is 40.7 Å². The molecule has 0 bridgehead atoms. The van der Waals surface area contributed by atoms with Gasteiger partial charge in [-0.15, -0.1) is 0 Å². The molecule has 0 spiro atoms. The number of hydrogen-bond acceptors (Lipinski definition) is 3. The van der Waals surface area contributed by atoms with E-state index in [9.17, 15) is 4.79 Å². The lowest BCUT2D eigenvalue weighted by molar-refractivity contribution is 0.112. The Balaban J connectivity index is 2.22. The molecule has 2 heterocycles. The largest absolute Gasteiger partial charge is 0.465 e. The van der Waals surface area contributed by atoms with Crippen LogP contribution in [0.5, 0.6) is 0 Å². The van der Waals surface area contributed by atoms with E-state index in [0.29, 0.717) is 19.6 Å². The van der Waals surface area contributed by atoms with Crippen LogP contribution < -0.4 is 5.32 Å². The van der Waals surface area contributed by atoms with Crippen molar-refractivity contribution in [3.63, 3.8) is 0 Å². The van der Waals surface area contributed by atoms with Crippen molar-refractivity contribution >= 4 is 6.09 Å². The van der Waals surface area contributed by atoms with Crippen molar-refractivity contribution in [2.24, 2.45) is 0 Å². The van der Waals surface area contributed by atoms with Crippen molar-refractivity contribution < 1.29 is 9.90 Å². The zero-order valence-electron chi connectivity index (χ0n) is 8.26. The molecule has 15 heavy (non-hydrogen) atoms. The fraction of sp³-hybridized carbons (Fsp3) is 0.400. The van der Waals surface area contributed by atoms with E-state index < -0.39 is 6.09 Å². The SMILES string of the molecule is O=C(O)N1CCNCC1c1cccnc1. The van der Waals surface area contributed by atoms with E-state index in [-0.39, 0.29) is 6.04 Å². The minimum atomic E-state index is -0.870. The van der Waals surface area contributed by atoms with Crippen LogP contribution in [0.25, 0.3) is 0 Å². The second-order valence-corrected chi connectivity index (χ2v) is 3.48. The summed E-state index contributed by atoms with van der Waals surface area (Å²) in [6, 6.07) is 3.61. The Kier molecular flexibility index (Phi) is 2.82. The average Bonchev–Trinajstić information content (AvgIpc) is 2.30. The summed E-state index contributed by atoms with van der Waals surface area (Å²) in [6.07, 6.45) is 2.53. The van der Waals surface area contributed by atoms with Gasteiger partial charge < -0.3 is 10.4 Å². The Bertz CT molecular complexity index is 342. The van der Waals surface area contributed by atoms with Gasteiger partial charge in [-0.05, 0) is 11.6 Å². The molecule has 5 heteroatoms. The first kappa shape index (κ1) is 9.92. The summed E-state index contributed by atoms with van der Waals surface area (Å²) in [4.78, 5) is 16.5. The van der Waals surface area contributed by atoms with Crippen molar-refractivity contribution in [1.82, 2.24) is 15.2 Å². The molecule has 0 aliphatic carbocycles. The van der Waals surface area contributed by atoms with Crippen LogP contribution in [0.2, 0.25) is 0 Å². The molecule has 1 saturated heterocycles. The van der Waals surface area contributed by atoms with Crippen LogP contribution in [0.4, 0.5) is 4.79 Å². The molecular formula is C10H13N3O2. The fourth-order valence-corrected chi connectivity index (χ4v) is 1.80. The second kappa shape index (κ2) is 4.27. The van der Waals surface area contributed by atoms with E-state index in [1.54, 1.807) is 12.4 Å². The maximum absolute atomic E-state index is 11.0. The monoisotopic (exact) mass is 207 g/mol. The maximum Gasteiger partial charge on any atom is 0.407 e. The smallest absolute Gasteiger partial charge is 0.407 e. The van der Waals surface area contributed by atoms with Gasteiger partial charge in [-0.1, -0.05) is 6.07 Å². The van der Waals surface area contributed by atoms with Crippen LogP contribution in [0.3, 0.4) is 0 Å². The molecular weight excluding hydrogens is 194 g/mol. The zero-order chi connectivity index (χ0) is 10.7. The van der Waals surface area contributed by atoms with Gasteiger partial charge >= 0.3 is 6.09 Å². The molecule has 1 atom stereocenters. The van der Waals surface area contributed by atoms with E-state index in [0.717, 1.165) is 5.56 Å². The van der Waals surface area contributed by atoms with Crippen LogP contribution in [0.1, 0.15) is 11.6 Å². The molecule has 1 aromatic heterocycles. The minimum Gasteiger partial charge on any atom is -0.465 e. The van der Waals surface area contributed by atoms with Crippen LogP contribution in [0.15, 0.2) is 24.5 Å². The lowest BCUT2D eigenvalue weighted by Crippen LogP contribution is -2.48. The Hall–Kier alpha value is -1.62. The maximum atomic E-state index is 11.0. The number of pyridine rings is 1. The second-order valence-electron chi connectivity index (χ2n) is 3.48. The Morgan fingerprint density at radius 1 is 1.67 bits per heavy atom. The molecule has 1 fully saturated rings. The first-order valence-electron chi connectivity index (χ1n) is 4.89. The van der Waals surface area contributed by atoms with E-state index >= 15 is 0 Å². The summed E-state index contributed by atoms with van der Waals surface area (Å²) in [6.45, 7) is 1.88. The highest BCUT2D eigenvalue weighted by Gasteiger charge is 2.27. The number of rotatable bonds is 1. The third-order valence-corrected chi connectivity index (χ3v) is 2.56. The van der Waals surface area contributed by atoms with Gasteiger partial charge in [0.2, 0.25) is 0 Å². The van der Waals surface area contributed by atoms with Crippen LogP contribution >= 0.6 is 0 Å². The molecule has 1 aliphatic rings. The van der Waals surface area contributed by atoms with E-state index in [1.807, 2.05) is 12.1 Å². The Morgan fingerprint density at radius 3 is 3.20 bits per heavy atom. The predicted octanol–water partition coefficient (Wildman–Crippen LogP) is 0.706. The normalized spacial score (nSPS) is 21.3. The Morgan fingerprint density at radius 2 is 2.53 bits per heavy atom. The molecule has 2 rings (SSSR count). The molecule has 1 aromatic rings. The lowest BCUT2D eigenvalue weighted by atomic mass is 10.1. The van der Waals surface area contributed by atoms with Gasteiger partial charge in [-0.2, -0.15) is 0 Å². The number of carbonyl (C=O) groups is 1. The van der Waals surface area contributed by atoms with Crippen molar-refractivity contribution in [2.45, 2.75) is 6.04 Å². The summed E-state index contributed by atoms with van der Waals surface area (Å²) in [5, 5.41) is 12.2. The molecule has 1 aliphatic heterocycles. The van der Waals surface area contributed by atoms with Crippen molar-refractivity contribution in [3.05, 3.63) is 30.1 Å². The van der Waals surface area contributed by atoms with E-state index in [1.165, 1.54) is 4.90 Å². The zero-order valence-corrected chi connectivity index (χ0v) is 8.26. The van der Waals surface area contributed by atoms with Gasteiger partial charge in [0.05, 0.1) is 6.04 Å². The Labute approximate surface area is 87.7 Å². The molecule has 1 unspecified atom stereocenters. The van der Waals surface area contributed by atoms with Crippen molar-refractivity contribution in [1.29, 1.82) is 0 Å². The third kappa shape index (κ3) is 2.07. The summed E-state index contributed by atoms with van der Waals surface area (Å²) in [5.41, 5.74) is 0.937. The first-order chi connectivity index (χ1) is 7.29. The number of aromatic nitrogens is 1. The van der Waals surface area contributed by atoms with Gasteiger partial charge in [0.15, 0.2) is 0 Å². The minimum absolute atomic E-state index is 0.120. The predicted molar refractivity (Wildman–Crippen MR) is 54.6 cm³/mol. The number of amides is 1. The van der Waals surface area contributed by atoms with Crippen molar-refractivity contribution in [3.8, 4) is 0 Å². The highest BCUT2D eigenvalue weighted by Crippen LogP contribution is 2.20. The quantitative estimate of drug-likeness (QED) is 0.711. The van der Waals surface area contributed by atoms with Gasteiger partial charge in [0.25, 0.3) is 0 Å². The topological polar surface area (TPSA) is 65.5 Å². The van der Waals surface area contributed by atoms with Gasteiger partial charge in [0, 0.05) is 32.0 Å². The summed E-state index contributed by atoms with van der Waals surface area (Å²) in [5.74, 6) is 0. The molecule has 2 N–H and O–H groups in total. The summed E-state index contributed by atoms with van der Waals surface area (Å²) < 4.78 is 0. The van der Waals surface area contributed by atoms with Gasteiger partial charge in [-0.25, -0.2) is 4.79 Å². The fourth-order valence-electron chi connectivity index (χ4n) is 1.80. The number of piperazine rings is 1. The number of nitrogens with one attached hydrogen (secondary N) is 1. The van der Waals surface area contributed by atoms with Crippen LogP contribution in [0, 0.1) is 0 Å². The molecule has 5 nitrogen and oxygen atoms in total. The third-order valence-electron chi connectivity index (χ3n) is 2.56. The van der Waals surface area contributed by atoms with Crippen molar-refractivity contribution in [2.75, 3.05) is 19.6 Å². The van der Waals surface area contributed by atoms with Gasteiger partial charge in [0.1, 0.15) is 0 Å². The summed E-state index contributed by atoms with van der Waals surface area (Å²) >= 11 is 0. The first-order valence-corrected chi connectivity index (χ1v) is 4.89. The molecule has 80 valence electrons. The van der Waals surface area contributed by atoms with Gasteiger partial charge in [-0.3, -0.25) is 9.88 Å².